The van der Waals surface area contributed by atoms with Crippen LogP contribution in [-0.2, 0) is 18.3 Å². The lowest BCUT2D eigenvalue weighted by molar-refractivity contribution is -0.0122. The minimum atomic E-state index is -2.43. The molecule has 84 valence electrons. The minimum absolute atomic E-state index is 0.0357. The number of rotatable bonds is 5. The molecule has 0 radical (unpaired) electrons. The van der Waals surface area contributed by atoms with Crippen LogP contribution in [0.25, 0.3) is 0 Å². The SMILES string of the molecule is CCO[PH](=O)O[C@@H]1C[C@H](C)O[C@@H]1CO. The van der Waals surface area contributed by atoms with Gasteiger partial charge in [0.1, 0.15) is 6.10 Å². The number of aliphatic hydroxyl groups is 1. The summed E-state index contributed by atoms with van der Waals surface area (Å²) in [5.41, 5.74) is 0. The Balaban J connectivity index is 2.39. The summed E-state index contributed by atoms with van der Waals surface area (Å²) in [5, 5.41) is 8.96. The smallest absolute Gasteiger partial charge is 0.319 e. The molecule has 1 fully saturated rings. The Morgan fingerprint density at radius 3 is 2.93 bits per heavy atom. The maximum atomic E-state index is 11.2. The van der Waals surface area contributed by atoms with Crippen LogP contribution in [0.4, 0.5) is 0 Å². The molecule has 1 unspecified atom stereocenters. The summed E-state index contributed by atoms with van der Waals surface area (Å²) in [6.45, 7) is 3.90. The zero-order chi connectivity index (χ0) is 10.6. The van der Waals surface area contributed by atoms with E-state index in [0.717, 1.165) is 0 Å². The molecule has 0 aromatic rings. The van der Waals surface area contributed by atoms with Crippen LogP contribution in [0, 0.1) is 0 Å². The second-order valence-corrected chi connectivity index (χ2v) is 4.27. The molecule has 0 aromatic heterocycles. The van der Waals surface area contributed by atoms with Crippen molar-refractivity contribution in [2.24, 2.45) is 0 Å². The first kappa shape index (κ1) is 12.1. The van der Waals surface area contributed by atoms with Gasteiger partial charge in [-0.1, -0.05) is 0 Å². The maximum absolute atomic E-state index is 11.2. The van der Waals surface area contributed by atoms with Gasteiger partial charge in [0.05, 0.1) is 25.4 Å². The highest BCUT2D eigenvalue weighted by molar-refractivity contribution is 7.33. The van der Waals surface area contributed by atoms with E-state index in [0.29, 0.717) is 13.0 Å². The summed E-state index contributed by atoms with van der Waals surface area (Å²) < 4.78 is 26.5. The van der Waals surface area contributed by atoms with E-state index in [2.05, 4.69) is 0 Å². The first-order chi connectivity index (χ1) is 6.67. The van der Waals surface area contributed by atoms with Crippen molar-refractivity contribution in [2.75, 3.05) is 13.2 Å². The second-order valence-electron chi connectivity index (χ2n) is 3.24. The van der Waals surface area contributed by atoms with Gasteiger partial charge in [0.25, 0.3) is 0 Å². The van der Waals surface area contributed by atoms with E-state index in [1.54, 1.807) is 6.92 Å². The van der Waals surface area contributed by atoms with Crippen molar-refractivity contribution in [3.63, 3.8) is 0 Å². The van der Waals surface area contributed by atoms with Gasteiger partial charge in [-0.05, 0) is 13.8 Å². The molecule has 1 N–H and O–H groups in total. The number of hydrogen-bond acceptors (Lipinski definition) is 5. The minimum Gasteiger partial charge on any atom is -0.394 e. The fraction of sp³-hybridized carbons (Fsp3) is 1.00. The molecule has 1 heterocycles. The third-order valence-corrected chi connectivity index (χ3v) is 3.10. The number of aliphatic hydroxyl groups excluding tert-OH is 1. The second kappa shape index (κ2) is 5.83. The summed E-state index contributed by atoms with van der Waals surface area (Å²) in [4.78, 5) is 0. The van der Waals surface area contributed by atoms with Gasteiger partial charge >= 0.3 is 8.25 Å². The predicted molar refractivity (Wildman–Crippen MR) is 51.5 cm³/mol. The van der Waals surface area contributed by atoms with Crippen molar-refractivity contribution in [3.05, 3.63) is 0 Å². The van der Waals surface area contributed by atoms with E-state index < -0.39 is 8.25 Å². The van der Waals surface area contributed by atoms with E-state index in [1.807, 2.05) is 6.92 Å². The predicted octanol–water partition coefficient (Wildman–Crippen LogP) is 0.968. The van der Waals surface area contributed by atoms with Crippen LogP contribution in [0.3, 0.4) is 0 Å². The molecule has 6 heteroatoms. The lowest BCUT2D eigenvalue weighted by atomic mass is 10.1. The van der Waals surface area contributed by atoms with Gasteiger partial charge in [-0.15, -0.1) is 0 Å². The van der Waals surface area contributed by atoms with Gasteiger partial charge in [0.2, 0.25) is 0 Å². The van der Waals surface area contributed by atoms with Gasteiger partial charge in [-0.25, -0.2) is 0 Å². The van der Waals surface area contributed by atoms with Crippen molar-refractivity contribution < 1.29 is 23.5 Å². The molecule has 0 aliphatic carbocycles. The average Bonchev–Trinajstić information content (AvgIpc) is 2.46. The van der Waals surface area contributed by atoms with E-state index in [9.17, 15) is 4.57 Å². The van der Waals surface area contributed by atoms with Gasteiger partial charge in [0, 0.05) is 6.42 Å². The number of ether oxygens (including phenoxy) is 1. The zero-order valence-electron chi connectivity index (χ0n) is 8.43. The Morgan fingerprint density at radius 2 is 2.36 bits per heavy atom. The summed E-state index contributed by atoms with van der Waals surface area (Å²) in [6, 6.07) is 0. The van der Waals surface area contributed by atoms with Crippen LogP contribution in [-0.4, -0.2) is 36.6 Å². The van der Waals surface area contributed by atoms with Crippen molar-refractivity contribution in [3.8, 4) is 0 Å². The van der Waals surface area contributed by atoms with E-state index in [-0.39, 0.29) is 24.9 Å². The highest BCUT2D eigenvalue weighted by Gasteiger charge is 2.34. The standard InChI is InChI=1S/C8H17O5P/c1-3-11-14(10)13-7-4-6(2)12-8(7)5-9/h6-9,14H,3-5H2,1-2H3/t6-,7+,8+/m0/s1. The molecule has 0 spiro atoms. The van der Waals surface area contributed by atoms with E-state index in [4.69, 9.17) is 18.9 Å². The molecular formula is C8H17O5P. The highest BCUT2D eigenvalue weighted by atomic mass is 31.1. The lowest BCUT2D eigenvalue weighted by Gasteiger charge is -2.15. The summed E-state index contributed by atoms with van der Waals surface area (Å²) in [7, 11) is -2.43. The topological polar surface area (TPSA) is 65.0 Å². The fourth-order valence-electron chi connectivity index (χ4n) is 1.48. The molecule has 0 bridgehead atoms. The molecule has 1 saturated heterocycles. The normalized spacial score (nSPS) is 34.6. The Kier molecular flexibility index (Phi) is 5.06. The zero-order valence-corrected chi connectivity index (χ0v) is 9.43. The molecule has 1 aliphatic rings. The van der Waals surface area contributed by atoms with Crippen molar-refractivity contribution in [1.29, 1.82) is 0 Å². The van der Waals surface area contributed by atoms with Crippen molar-refractivity contribution in [2.45, 2.75) is 38.6 Å². The molecule has 1 aliphatic heterocycles. The van der Waals surface area contributed by atoms with Crippen LogP contribution in [0.5, 0.6) is 0 Å². The molecule has 0 amide bonds. The van der Waals surface area contributed by atoms with Crippen molar-refractivity contribution in [1.82, 2.24) is 0 Å². The lowest BCUT2D eigenvalue weighted by Crippen LogP contribution is -2.26. The van der Waals surface area contributed by atoms with E-state index >= 15 is 0 Å². The Hall–Kier alpha value is 0.0700. The van der Waals surface area contributed by atoms with Crippen LogP contribution in [0.1, 0.15) is 20.3 Å². The summed E-state index contributed by atoms with van der Waals surface area (Å²) >= 11 is 0. The molecule has 0 saturated carbocycles. The monoisotopic (exact) mass is 224 g/mol. The van der Waals surface area contributed by atoms with Gasteiger partial charge in [-0.3, -0.25) is 4.57 Å². The van der Waals surface area contributed by atoms with Crippen LogP contribution in [0.15, 0.2) is 0 Å². The molecule has 0 aromatic carbocycles. The van der Waals surface area contributed by atoms with E-state index in [1.165, 1.54) is 0 Å². The first-order valence-corrected chi connectivity index (χ1v) is 5.99. The Morgan fingerprint density at radius 1 is 1.64 bits per heavy atom. The third-order valence-electron chi connectivity index (χ3n) is 2.08. The van der Waals surface area contributed by atoms with Gasteiger partial charge < -0.3 is 18.9 Å². The Labute approximate surface area is 84.3 Å². The highest BCUT2D eigenvalue weighted by Crippen LogP contribution is 2.33. The van der Waals surface area contributed by atoms with Gasteiger partial charge in [-0.2, -0.15) is 0 Å². The average molecular weight is 224 g/mol. The third kappa shape index (κ3) is 3.33. The molecule has 1 rings (SSSR count). The molecule has 14 heavy (non-hydrogen) atoms. The summed E-state index contributed by atoms with van der Waals surface area (Å²) in [5.74, 6) is 0. The quantitative estimate of drug-likeness (QED) is 0.705. The van der Waals surface area contributed by atoms with Crippen LogP contribution < -0.4 is 0 Å². The number of hydrogen-bond donors (Lipinski definition) is 1. The maximum Gasteiger partial charge on any atom is 0.319 e. The largest absolute Gasteiger partial charge is 0.394 e. The van der Waals surface area contributed by atoms with Crippen molar-refractivity contribution >= 4 is 8.25 Å². The molecule has 5 nitrogen and oxygen atoms in total. The van der Waals surface area contributed by atoms with Gasteiger partial charge in [0.15, 0.2) is 0 Å². The molecular weight excluding hydrogens is 207 g/mol. The summed E-state index contributed by atoms with van der Waals surface area (Å²) in [6.07, 6.45) is -0.00440. The van der Waals surface area contributed by atoms with Crippen LogP contribution >= 0.6 is 8.25 Å². The first-order valence-electron chi connectivity index (χ1n) is 4.77. The molecule has 4 atom stereocenters. The fourth-order valence-corrected chi connectivity index (χ4v) is 2.28. The van der Waals surface area contributed by atoms with Crippen LogP contribution in [0.2, 0.25) is 0 Å². The Bertz CT molecular complexity index is 198.